The third kappa shape index (κ3) is 3.98. The van der Waals surface area contributed by atoms with Gasteiger partial charge in [0.15, 0.2) is 11.5 Å². The summed E-state index contributed by atoms with van der Waals surface area (Å²) in [4.78, 5) is 37.9. The molecule has 6 nitrogen and oxygen atoms in total. The molecule has 0 bridgehead atoms. The van der Waals surface area contributed by atoms with Crippen molar-refractivity contribution in [1.82, 2.24) is 5.32 Å². The van der Waals surface area contributed by atoms with Gasteiger partial charge in [0.05, 0.1) is 25.1 Å². The van der Waals surface area contributed by atoms with Crippen molar-refractivity contribution in [2.75, 3.05) is 7.11 Å². The Morgan fingerprint density at radius 1 is 1.37 bits per heavy atom. The normalized spacial score (nSPS) is 16.5. The molecule has 1 amide bonds. The SMILES string of the molecule is COC(=O)CC(NC(=O)c1oc2c(c1C)C(=O)CC(C)(C)C2)c1cccs1. The van der Waals surface area contributed by atoms with Crippen LogP contribution in [-0.4, -0.2) is 24.8 Å². The zero-order chi connectivity index (χ0) is 19.8. The Hall–Kier alpha value is -2.41. The number of Topliss-reactive ketones (excluding diaryl/α,β-unsaturated/α-hetero) is 1. The average molecular weight is 389 g/mol. The van der Waals surface area contributed by atoms with Crippen LogP contribution in [0.5, 0.6) is 0 Å². The molecular weight excluding hydrogens is 366 g/mol. The molecule has 1 N–H and O–H groups in total. The Labute approximate surface area is 161 Å². The van der Waals surface area contributed by atoms with Gasteiger partial charge in [0.2, 0.25) is 0 Å². The highest BCUT2D eigenvalue weighted by Gasteiger charge is 2.37. The van der Waals surface area contributed by atoms with Crippen LogP contribution in [0.4, 0.5) is 0 Å². The number of carbonyl (C=O) groups is 3. The number of nitrogens with one attached hydrogen (secondary N) is 1. The zero-order valence-electron chi connectivity index (χ0n) is 15.9. The number of esters is 1. The Balaban J connectivity index is 1.87. The number of amides is 1. The summed E-state index contributed by atoms with van der Waals surface area (Å²) in [5.41, 5.74) is 0.901. The predicted molar refractivity (Wildman–Crippen MR) is 101 cm³/mol. The van der Waals surface area contributed by atoms with Crippen molar-refractivity contribution < 1.29 is 23.5 Å². The van der Waals surface area contributed by atoms with E-state index < -0.39 is 17.9 Å². The molecule has 144 valence electrons. The van der Waals surface area contributed by atoms with Crippen LogP contribution in [0, 0.1) is 12.3 Å². The van der Waals surface area contributed by atoms with Crippen molar-refractivity contribution in [2.24, 2.45) is 5.41 Å². The van der Waals surface area contributed by atoms with E-state index in [0.29, 0.717) is 29.7 Å². The molecule has 27 heavy (non-hydrogen) atoms. The molecule has 0 fully saturated rings. The number of furan rings is 1. The molecule has 0 saturated carbocycles. The molecule has 7 heteroatoms. The number of hydrogen-bond acceptors (Lipinski definition) is 6. The largest absolute Gasteiger partial charge is 0.469 e. The first-order valence-corrected chi connectivity index (χ1v) is 9.66. The van der Waals surface area contributed by atoms with Gasteiger partial charge in [0.25, 0.3) is 5.91 Å². The third-order valence-electron chi connectivity index (χ3n) is 4.77. The Morgan fingerprint density at radius 2 is 2.11 bits per heavy atom. The number of hydrogen-bond donors (Lipinski definition) is 1. The number of carbonyl (C=O) groups excluding carboxylic acids is 3. The Kier molecular flexibility index (Phi) is 5.24. The molecule has 1 aliphatic carbocycles. The molecule has 1 atom stereocenters. The first-order chi connectivity index (χ1) is 12.7. The van der Waals surface area contributed by atoms with E-state index in [1.54, 1.807) is 6.92 Å². The second kappa shape index (κ2) is 7.31. The van der Waals surface area contributed by atoms with Gasteiger partial charge in [-0.2, -0.15) is 0 Å². The van der Waals surface area contributed by atoms with E-state index in [9.17, 15) is 14.4 Å². The second-order valence-corrected chi connectivity index (χ2v) is 8.60. The fraction of sp³-hybridized carbons (Fsp3) is 0.450. The smallest absolute Gasteiger partial charge is 0.307 e. The van der Waals surface area contributed by atoms with Crippen molar-refractivity contribution in [3.05, 3.63) is 45.0 Å². The second-order valence-electron chi connectivity index (χ2n) is 7.62. The summed E-state index contributed by atoms with van der Waals surface area (Å²) < 4.78 is 10.5. The number of methoxy groups -OCH3 is 1. The Morgan fingerprint density at radius 3 is 2.74 bits per heavy atom. The maximum absolute atomic E-state index is 12.9. The lowest BCUT2D eigenvalue weighted by Gasteiger charge is -2.27. The fourth-order valence-corrected chi connectivity index (χ4v) is 4.26. The van der Waals surface area contributed by atoms with Gasteiger partial charge in [-0.05, 0) is 23.8 Å². The minimum atomic E-state index is -0.515. The zero-order valence-corrected chi connectivity index (χ0v) is 16.7. The summed E-state index contributed by atoms with van der Waals surface area (Å²) >= 11 is 1.45. The molecule has 0 aliphatic heterocycles. The number of thiophene rings is 1. The highest BCUT2D eigenvalue weighted by atomic mass is 32.1. The minimum Gasteiger partial charge on any atom is -0.469 e. The summed E-state index contributed by atoms with van der Waals surface area (Å²) in [6.07, 6.45) is 1.06. The van der Waals surface area contributed by atoms with Crippen LogP contribution in [0.1, 0.15) is 69.8 Å². The lowest BCUT2D eigenvalue weighted by Crippen LogP contribution is -2.30. The number of ketones is 1. The van der Waals surface area contributed by atoms with Crippen LogP contribution in [-0.2, 0) is 16.0 Å². The standard InChI is InChI=1S/C20H23NO5S/c1-11-17-13(22)9-20(2,3)10-14(17)26-18(11)19(24)21-12(8-16(23)25-4)15-6-5-7-27-15/h5-7,12H,8-10H2,1-4H3,(H,21,24). The van der Waals surface area contributed by atoms with E-state index in [1.165, 1.54) is 18.4 Å². The van der Waals surface area contributed by atoms with Gasteiger partial charge >= 0.3 is 5.97 Å². The lowest BCUT2D eigenvalue weighted by atomic mass is 9.76. The van der Waals surface area contributed by atoms with Crippen LogP contribution < -0.4 is 5.32 Å². The van der Waals surface area contributed by atoms with Gasteiger partial charge in [-0.3, -0.25) is 14.4 Å². The predicted octanol–water partition coefficient (Wildman–Crippen LogP) is 3.84. The van der Waals surface area contributed by atoms with Gasteiger partial charge in [-0.25, -0.2) is 0 Å². The number of fused-ring (bicyclic) bond motifs is 1. The lowest BCUT2D eigenvalue weighted by molar-refractivity contribution is -0.141. The summed E-state index contributed by atoms with van der Waals surface area (Å²) in [6, 6.07) is 3.19. The minimum absolute atomic E-state index is 0.00548. The van der Waals surface area contributed by atoms with Gasteiger partial charge in [-0.15, -0.1) is 11.3 Å². The maximum atomic E-state index is 12.9. The number of ether oxygens (including phenoxy) is 1. The first kappa shape index (κ1) is 19.4. The van der Waals surface area contributed by atoms with Crippen LogP contribution in [0.25, 0.3) is 0 Å². The molecule has 1 aliphatic rings. The molecule has 3 rings (SSSR count). The third-order valence-corrected chi connectivity index (χ3v) is 5.76. The van der Waals surface area contributed by atoms with E-state index in [-0.39, 0.29) is 23.4 Å². The van der Waals surface area contributed by atoms with Crippen molar-refractivity contribution in [2.45, 2.75) is 46.1 Å². The molecule has 0 saturated heterocycles. The van der Waals surface area contributed by atoms with E-state index >= 15 is 0 Å². The molecule has 2 aromatic heterocycles. The first-order valence-electron chi connectivity index (χ1n) is 8.78. The topological polar surface area (TPSA) is 85.6 Å². The van der Waals surface area contributed by atoms with E-state index in [0.717, 1.165) is 4.88 Å². The van der Waals surface area contributed by atoms with Gasteiger partial charge in [0, 0.05) is 23.3 Å². The van der Waals surface area contributed by atoms with Crippen molar-refractivity contribution in [3.8, 4) is 0 Å². The molecule has 0 aromatic carbocycles. The fourth-order valence-electron chi connectivity index (χ4n) is 3.49. The van der Waals surface area contributed by atoms with Crippen LogP contribution in [0.3, 0.4) is 0 Å². The van der Waals surface area contributed by atoms with Gasteiger partial charge in [-0.1, -0.05) is 19.9 Å². The number of rotatable bonds is 5. The van der Waals surface area contributed by atoms with Crippen molar-refractivity contribution in [3.63, 3.8) is 0 Å². The summed E-state index contributed by atoms with van der Waals surface area (Å²) in [6.45, 7) is 5.75. The monoisotopic (exact) mass is 389 g/mol. The van der Waals surface area contributed by atoms with Crippen molar-refractivity contribution >= 4 is 29.0 Å². The van der Waals surface area contributed by atoms with E-state index in [1.807, 2.05) is 31.4 Å². The maximum Gasteiger partial charge on any atom is 0.307 e. The summed E-state index contributed by atoms with van der Waals surface area (Å²) in [5.74, 6) is -0.140. The van der Waals surface area contributed by atoms with Gasteiger partial charge in [0.1, 0.15) is 5.76 Å². The highest BCUT2D eigenvalue weighted by Crippen LogP contribution is 2.38. The quantitative estimate of drug-likeness (QED) is 0.785. The molecule has 0 spiro atoms. The molecule has 2 heterocycles. The summed E-state index contributed by atoms with van der Waals surface area (Å²) in [7, 11) is 1.31. The van der Waals surface area contributed by atoms with E-state index in [2.05, 4.69) is 5.32 Å². The van der Waals surface area contributed by atoms with Crippen LogP contribution >= 0.6 is 11.3 Å². The van der Waals surface area contributed by atoms with E-state index in [4.69, 9.17) is 9.15 Å². The summed E-state index contributed by atoms with van der Waals surface area (Å²) in [5, 5.41) is 4.73. The van der Waals surface area contributed by atoms with Gasteiger partial charge < -0.3 is 14.5 Å². The Bertz CT molecular complexity index is 879. The average Bonchev–Trinajstić information content (AvgIpc) is 3.21. The molecule has 1 unspecified atom stereocenters. The molecule has 2 aromatic rings. The van der Waals surface area contributed by atoms with Crippen LogP contribution in [0.2, 0.25) is 0 Å². The van der Waals surface area contributed by atoms with Crippen molar-refractivity contribution in [1.29, 1.82) is 0 Å². The molecular formula is C20H23NO5S. The van der Waals surface area contributed by atoms with Crippen LogP contribution in [0.15, 0.2) is 21.9 Å². The molecule has 0 radical (unpaired) electrons. The highest BCUT2D eigenvalue weighted by molar-refractivity contribution is 7.10.